The van der Waals surface area contributed by atoms with Crippen molar-refractivity contribution in [3.05, 3.63) is 23.8 Å². The summed E-state index contributed by atoms with van der Waals surface area (Å²) in [5.41, 5.74) is 0.680. The molecule has 1 aromatic carbocycles. The summed E-state index contributed by atoms with van der Waals surface area (Å²) in [6, 6.07) is 6.23. The molecular formula is C15H19NO4S. The number of nitrogens with zero attached hydrogens (tertiary/aromatic N) is 1. The van der Waals surface area contributed by atoms with Gasteiger partial charge in [-0.1, -0.05) is 13.0 Å². The van der Waals surface area contributed by atoms with E-state index in [0.717, 1.165) is 0 Å². The monoisotopic (exact) mass is 309 g/mol. The van der Waals surface area contributed by atoms with Crippen molar-refractivity contribution in [2.75, 3.05) is 5.75 Å². The molecular weight excluding hydrogens is 290 g/mol. The Bertz CT molecular complexity index is 565. The Kier molecular flexibility index (Phi) is 5.50. The van der Waals surface area contributed by atoms with Crippen LogP contribution in [-0.2, 0) is 4.79 Å². The first-order valence-corrected chi connectivity index (χ1v) is 7.46. The molecule has 21 heavy (non-hydrogen) atoms. The van der Waals surface area contributed by atoms with E-state index in [-0.39, 0.29) is 17.4 Å². The van der Waals surface area contributed by atoms with E-state index in [0.29, 0.717) is 11.3 Å². The van der Waals surface area contributed by atoms with Gasteiger partial charge in [0.1, 0.15) is 11.5 Å². The molecule has 0 fully saturated rings. The Hall–Kier alpha value is -1.87. The third-order valence-electron chi connectivity index (χ3n) is 3.32. The second-order valence-corrected chi connectivity index (χ2v) is 7.13. The number of aromatic hydroxyl groups is 2. The van der Waals surface area contributed by atoms with E-state index < -0.39 is 16.6 Å². The van der Waals surface area contributed by atoms with E-state index in [1.165, 1.54) is 23.9 Å². The maximum absolute atomic E-state index is 11.1. The summed E-state index contributed by atoms with van der Waals surface area (Å²) in [4.78, 5) is 11.1. The minimum absolute atomic E-state index is 0.00754. The van der Waals surface area contributed by atoms with Crippen LogP contribution >= 0.6 is 11.8 Å². The van der Waals surface area contributed by atoms with Crippen LogP contribution in [0.25, 0.3) is 0 Å². The van der Waals surface area contributed by atoms with Crippen molar-refractivity contribution in [1.82, 2.24) is 0 Å². The molecule has 3 N–H and O–H groups in total. The van der Waals surface area contributed by atoms with Crippen LogP contribution in [0.2, 0.25) is 0 Å². The van der Waals surface area contributed by atoms with Crippen LogP contribution < -0.4 is 0 Å². The molecule has 0 spiro atoms. The average Bonchev–Trinajstić information content (AvgIpc) is 2.36. The normalized spacial score (nSPS) is 14.2. The van der Waals surface area contributed by atoms with E-state index in [2.05, 4.69) is 0 Å². The quantitative estimate of drug-likeness (QED) is 0.746. The first-order valence-electron chi connectivity index (χ1n) is 6.47. The standard InChI is InChI=1S/C15H19NO4S/c1-9(11-5-4-10(17)6-13(11)18)8-21-15(2,3)12(7-16)14(19)20/h4-6,9,12,17-18H,8H2,1-3H3,(H,19,20)/t9?,12-/m1/s1. The second-order valence-electron chi connectivity index (χ2n) is 5.46. The van der Waals surface area contributed by atoms with Gasteiger partial charge in [-0.3, -0.25) is 4.79 Å². The molecule has 0 aromatic heterocycles. The van der Waals surface area contributed by atoms with Gasteiger partial charge < -0.3 is 15.3 Å². The highest BCUT2D eigenvalue weighted by molar-refractivity contribution is 8.00. The summed E-state index contributed by atoms with van der Waals surface area (Å²) >= 11 is 1.38. The van der Waals surface area contributed by atoms with Crippen LogP contribution in [0.15, 0.2) is 18.2 Å². The van der Waals surface area contributed by atoms with Crippen LogP contribution in [0.3, 0.4) is 0 Å². The Morgan fingerprint density at radius 2 is 2.05 bits per heavy atom. The molecule has 5 nitrogen and oxygen atoms in total. The number of aliphatic carboxylic acids is 1. The molecule has 0 saturated heterocycles. The van der Waals surface area contributed by atoms with Crippen LogP contribution in [0.1, 0.15) is 32.3 Å². The zero-order valence-electron chi connectivity index (χ0n) is 12.2. The van der Waals surface area contributed by atoms with Crippen molar-refractivity contribution in [1.29, 1.82) is 5.26 Å². The SMILES string of the molecule is CC(CSC(C)(C)[C@H](C#N)C(=O)O)c1ccc(O)cc1O. The van der Waals surface area contributed by atoms with Gasteiger partial charge in [-0.2, -0.15) is 17.0 Å². The van der Waals surface area contributed by atoms with Crippen LogP contribution in [0, 0.1) is 17.2 Å². The minimum Gasteiger partial charge on any atom is -0.508 e. The third-order valence-corrected chi connectivity index (χ3v) is 4.97. The highest BCUT2D eigenvalue weighted by Crippen LogP contribution is 2.38. The fraction of sp³-hybridized carbons (Fsp3) is 0.467. The minimum atomic E-state index is -1.13. The number of phenols is 2. The number of hydrogen-bond donors (Lipinski definition) is 3. The average molecular weight is 309 g/mol. The number of benzene rings is 1. The van der Waals surface area contributed by atoms with Crippen LogP contribution in [-0.4, -0.2) is 31.8 Å². The fourth-order valence-corrected chi connectivity index (χ4v) is 3.15. The van der Waals surface area contributed by atoms with E-state index in [9.17, 15) is 15.0 Å². The molecule has 1 rings (SSSR count). The third kappa shape index (κ3) is 4.30. The molecule has 0 saturated carbocycles. The Morgan fingerprint density at radius 1 is 1.43 bits per heavy atom. The van der Waals surface area contributed by atoms with Gasteiger partial charge >= 0.3 is 5.97 Å². The maximum Gasteiger partial charge on any atom is 0.322 e. The van der Waals surface area contributed by atoms with Gasteiger partial charge in [-0.05, 0) is 31.4 Å². The Morgan fingerprint density at radius 3 is 2.52 bits per heavy atom. The molecule has 0 aliphatic rings. The first-order chi connectivity index (χ1) is 9.69. The van der Waals surface area contributed by atoms with Crippen molar-refractivity contribution < 1.29 is 20.1 Å². The van der Waals surface area contributed by atoms with Gasteiger partial charge in [0, 0.05) is 16.6 Å². The smallest absolute Gasteiger partial charge is 0.322 e. The van der Waals surface area contributed by atoms with Crippen LogP contribution in [0.4, 0.5) is 0 Å². The summed E-state index contributed by atoms with van der Waals surface area (Å²) in [5.74, 6) is -1.71. The maximum atomic E-state index is 11.1. The molecule has 114 valence electrons. The first kappa shape index (κ1) is 17.2. The van der Waals surface area contributed by atoms with Crippen molar-refractivity contribution >= 4 is 17.7 Å². The number of phenolic OH excluding ortho intramolecular Hbond substituents is 2. The van der Waals surface area contributed by atoms with E-state index >= 15 is 0 Å². The molecule has 2 atom stereocenters. The number of hydrogen-bond acceptors (Lipinski definition) is 5. The summed E-state index contributed by atoms with van der Waals surface area (Å²) < 4.78 is -0.735. The van der Waals surface area contributed by atoms with Gasteiger partial charge in [0.15, 0.2) is 5.92 Å². The highest BCUT2D eigenvalue weighted by atomic mass is 32.2. The summed E-state index contributed by atoms with van der Waals surface area (Å²) in [6.45, 7) is 5.35. The molecule has 1 aromatic rings. The van der Waals surface area contributed by atoms with Crippen molar-refractivity contribution in [2.24, 2.45) is 5.92 Å². The number of nitriles is 1. The molecule has 0 aliphatic carbocycles. The van der Waals surface area contributed by atoms with Crippen LogP contribution in [0.5, 0.6) is 11.5 Å². The number of rotatable bonds is 6. The number of thioether (sulfide) groups is 1. The van der Waals surface area contributed by atoms with Crippen molar-refractivity contribution in [3.8, 4) is 17.6 Å². The topological polar surface area (TPSA) is 102 Å². The Labute approximate surface area is 128 Å². The van der Waals surface area contributed by atoms with Gasteiger partial charge in [-0.25, -0.2) is 0 Å². The fourth-order valence-electron chi connectivity index (χ4n) is 1.97. The lowest BCUT2D eigenvalue weighted by molar-refractivity contribution is -0.140. The zero-order chi connectivity index (χ0) is 16.2. The molecule has 0 aliphatic heterocycles. The highest BCUT2D eigenvalue weighted by Gasteiger charge is 2.36. The molecule has 0 amide bonds. The second kappa shape index (κ2) is 6.72. The van der Waals surface area contributed by atoms with Gasteiger partial charge in [0.05, 0.1) is 6.07 Å². The molecule has 0 radical (unpaired) electrons. The van der Waals surface area contributed by atoms with E-state index in [4.69, 9.17) is 10.4 Å². The number of carboxylic acid groups (broad SMARTS) is 1. The molecule has 0 heterocycles. The molecule has 6 heteroatoms. The predicted molar refractivity (Wildman–Crippen MR) is 81.5 cm³/mol. The molecule has 1 unspecified atom stereocenters. The molecule has 0 bridgehead atoms. The largest absolute Gasteiger partial charge is 0.508 e. The summed E-state index contributed by atoms with van der Waals surface area (Å²) in [7, 11) is 0. The predicted octanol–water partition coefficient (Wildman–Crippen LogP) is 2.94. The number of carboxylic acids is 1. The number of carbonyl (C=O) groups is 1. The van der Waals surface area contributed by atoms with E-state index in [1.807, 2.05) is 13.0 Å². The summed E-state index contributed by atoms with van der Waals surface area (Å²) in [6.07, 6.45) is 0. The Balaban J connectivity index is 2.78. The lowest BCUT2D eigenvalue weighted by atomic mass is 9.97. The zero-order valence-corrected chi connectivity index (χ0v) is 13.0. The van der Waals surface area contributed by atoms with Crippen molar-refractivity contribution in [3.63, 3.8) is 0 Å². The van der Waals surface area contributed by atoms with E-state index in [1.54, 1.807) is 19.9 Å². The lowest BCUT2D eigenvalue weighted by Crippen LogP contribution is -2.33. The van der Waals surface area contributed by atoms with Crippen molar-refractivity contribution in [2.45, 2.75) is 31.4 Å². The van der Waals surface area contributed by atoms with Gasteiger partial charge in [0.2, 0.25) is 0 Å². The van der Waals surface area contributed by atoms with Gasteiger partial charge in [-0.15, -0.1) is 0 Å². The lowest BCUT2D eigenvalue weighted by Gasteiger charge is -2.28. The van der Waals surface area contributed by atoms with Gasteiger partial charge in [0.25, 0.3) is 0 Å². The summed E-state index contributed by atoms with van der Waals surface area (Å²) in [5, 5.41) is 37.1.